The molecule has 8 nitrogen and oxygen atoms in total. The van der Waals surface area contributed by atoms with Crippen LogP contribution in [0, 0.1) is 6.92 Å². The Morgan fingerprint density at radius 3 is 2.73 bits per heavy atom. The van der Waals surface area contributed by atoms with Crippen LogP contribution < -0.4 is 5.32 Å². The van der Waals surface area contributed by atoms with Gasteiger partial charge in [0.05, 0.1) is 12.7 Å². The summed E-state index contributed by atoms with van der Waals surface area (Å²) in [7, 11) is 1.28. The number of ether oxygens (including phenoxy) is 1. The lowest BCUT2D eigenvalue weighted by Gasteiger charge is -2.26. The summed E-state index contributed by atoms with van der Waals surface area (Å²) in [5.41, 5.74) is 1.50. The first-order valence-electron chi connectivity index (χ1n) is 8.53. The highest BCUT2D eigenvalue weighted by Crippen LogP contribution is 2.26. The summed E-state index contributed by atoms with van der Waals surface area (Å²) >= 11 is 0. The minimum Gasteiger partial charge on any atom is -0.465 e. The predicted octanol–water partition coefficient (Wildman–Crippen LogP) is 1.54. The standard InChI is InChI=1S/C18H21N3O5/c1-11-6-7-12(17(24)26-2)9-13(11)19-15(22)10-21-16(23)14-5-3-4-8-20(14)18(21)25/h6-7,9,14H,3-5,8,10H2,1-2H3,(H,19,22)/t14-/m1/s1. The van der Waals surface area contributed by atoms with E-state index in [4.69, 9.17) is 0 Å². The fourth-order valence-corrected chi connectivity index (χ4v) is 3.33. The van der Waals surface area contributed by atoms with Crippen LogP contribution in [0.2, 0.25) is 0 Å². The highest BCUT2D eigenvalue weighted by Gasteiger charge is 2.46. The van der Waals surface area contributed by atoms with Crippen molar-refractivity contribution in [1.29, 1.82) is 0 Å². The number of esters is 1. The number of hydrogen-bond acceptors (Lipinski definition) is 5. The molecule has 0 saturated carbocycles. The summed E-state index contributed by atoms with van der Waals surface area (Å²) in [6, 6.07) is 3.95. The number of amides is 4. The van der Waals surface area contributed by atoms with Gasteiger partial charge >= 0.3 is 12.0 Å². The SMILES string of the molecule is COC(=O)c1ccc(C)c(NC(=O)CN2C(=O)[C@H]3CCCCN3C2=O)c1. The fraction of sp³-hybridized carbons (Fsp3) is 0.444. The molecule has 26 heavy (non-hydrogen) atoms. The van der Waals surface area contributed by atoms with Gasteiger partial charge in [-0.1, -0.05) is 6.07 Å². The molecule has 8 heteroatoms. The third-order valence-corrected chi connectivity index (χ3v) is 4.76. The highest BCUT2D eigenvalue weighted by molar-refractivity contribution is 6.08. The van der Waals surface area contributed by atoms with Gasteiger partial charge in [0.2, 0.25) is 5.91 Å². The Morgan fingerprint density at radius 1 is 1.27 bits per heavy atom. The van der Waals surface area contributed by atoms with Gasteiger partial charge in [0.25, 0.3) is 5.91 Å². The van der Waals surface area contributed by atoms with Crippen molar-refractivity contribution in [2.45, 2.75) is 32.2 Å². The van der Waals surface area contributed by atoms with Crippen molar-refractivity contribution in [3.8, 4) is 0 Å². The maximum atomic E-state index is 12.4. The van der Waals surface area contributed by atoms with Crippen LogP contribution in [0.3, 0.4) is 0 Å². The Bertz CT molecular complexity index is 752. The molecule has 0 aliphatic carbocycles. The lowest BCUT2D eigenvalue weighted by Crippen LogP contribution is -2.39. The molecule has 1 N–H and O–H groups in total. The first-order valence-corrected chi connectivity index (χ1v) is 8.53. The summed E-state index contributed by atoms with van der Waals surface area (Å²) < 4.78 is 4.67. The second-order valence-electron chi connectivity index (χ2n) is 6.48. The van der Waals surface area contributed by atoms with Crippen LogP contribution in [0.1, 0.15) is 35.2 Å². The van der Waals surface area contributed by atoms with Crippen LogP contribution >= 0.6 is 0 Å². The van der Waals surface area contributed by atoms with E-state index in [-0.39, 0.29) is 12.5 Å². The lowest BCUT2D eigenvalue weighted by molar-refractivity contribution is -0.131. The molecule has 2 aliphatic heterocycles. The van der Waals surface area contributed by atoms with Gasteiger partial charge in [0.1, 0.15) is 12.6 Å². The monoisotopic (exact) mass is 359 g/mol. The van der Waals surface area contributed by atoms with Crippen LogP contribution in [-0.4, -0.2) is 59.9 Å². The highest BCUT2D eigenvalue weighted by atomic mass is 16.5. The predicted molar refractivity (Wildman–Crippen MR) is 92.6 cm³/mol. The van der Waals surface area contributed by atoms with E-state index in [1.54, 1.807) is 24.0 Å². The number of piperidine rings is 1. The first kappa shape index (κ1) is 17.9. The maximum absolute atomic E-state index is 12.4. The molecule has 1 atom stereocenters. The number of hydrogen-bond donors (Lipinski definition) is 1. The summed E-state index contributed by atoms with van der Waals surface area (Å²) in [6.45, 7) is 1.99. The molecule has 2 aliphatic rings. The number of aryl methyl sites for hydroxylation is 1. The molecule has 0 unspecified atom stereocenters. The van der Waals surface area contributed by atoms with Crippen molar-refractivity contribution in [2.75, 3.05) is 25.5 Å². The zero-order valence-corrected chi connectivity index (χ0v) is 14.8. The minimum absolute atomic E-state index is 0.304. The molecule has 0 spiro atoms. The summed E-state index contributed by atoms with van der Waals surface area (Å²) in [5, 5.41) is 2.67. The van der Waals surface area contributed by atoms with Gasteiger partial charge in [-0.25, -0.2) is 9.59 Å². The number of carbonyl (C=O) groups excluding carboxylic acids is 4. The molecule has 2 saturated heterocycles. The smallest absolute Gasteiger partial charge is 0.337 e. The van der Waals surface area contributed by atoms with Crippen molar-refractivity contribution >= 4 is 29.5 Å². The van der Waals surface area contributed by atoms with Crippen LogP contribution in [0.4, 0.5) is 10.5 Å². The van der Waals surface area contributed by atoms with Crippen LogP contribution in [0.5, 0.6) is 0 Å². The zero-order valence-electron chi connectivity index (χ0n) is 14.8. The molecule has 0 radical (unpaired) electrons. The number of rotatable bonds is 4. The number of urea groups is 1. The number of methoxy groups -OCH3 is 1. The molecular weight excluding hydrogens is 338 g/mol. The van der Waals surface area contributed by atoms with Crippen molar-refractivity contribution < 1.29 is 23.9 Å². The molecule has 3 rings (SSSR count). The normalized spacial score (nSPS) is 19.4. The molecule has 0 bridgehead atoms. The quantitative estimate of drug-likeness (QED) is 0.650. The Labute approximate surface area is 151 Å². The van der Waals surface area contributed by atoms with E-state index in [0.717, 1.165) is 23.3 Å². The van der Waals surface area contributed by atoms with Crippen molar-refractivity contribution in [2.24, 2.45) is 0 Å². The number of nitrogens with zero attached hydrogens (tertiary/aromatic N) is 2. The largest absolute Gasteiger partial charge is 0.465 e. The van der Waals surface area contributed by atoms with E-state index < -0.39 is 23.9 Å². The minimum atomic E-state index is -0.512. The van der Waals surface area contributed by atoms with Gasteiger partial charge in [0, 0.05) is 12.2 Å². The molecule has 138 valence electrons. The van der Waals surface area contributed by atoms with Crippen molar-refractivity contribution in [3.05, 3.63) is 29.3 Å². The molecule has 2 heterocycles. The van der Waals surface area contributed by atoms with Crippen LogP contribution in [0.25, 0.3) is 0 Å². The van der Waals surface area contributed by atoms with E-state index in [9.17, 15) is 19.2 Å². The number of anilines is 1. The van der Waals surface area contributed by atoms with E-state index in [0.29, 0.717) is 24.2 Å². The second-order valence-corrected chi connectivity index (χ2v) is 6.48. The Kier molecular flexibility index (Phi) is 4.92. The molecule has 2 fully saturated rings. The van der Waals surface area contributed by atoms with E-state index >= 15 is 0 Å². The Balaban J connectivity index is 1.70. The number of benzene rings is 1. The van der Waals surface area contributed by atoms with Crippen LogP contribution in [0.15, 0.2) is 18.2 Å². The van der Waals surface area contributed by atoms with E-state index in [2.05, 4.69) is 10.1 Å². The molecule has 1 aromatic rings. The van der Waals surface area contributed by atoms with E-state index in [1.807, 2.05) is 0 Å². The third-order valence-electron chi connectivity index (χ3n) is 4.76. The van der Waals surface area contributed by atoms with Gasteiger partial charge in [-0.2, -0.15) is 0 Å². The summed E-state index contributed by atoms with van der Waals surface area (Å²) in [5.74, 6) is -1.32. The van der Waals surface area contributed by atoms with Gasteiger partial charge < -0.3 is 15.0 Å². The van der Waals surface area contributed by atoms with Gasteiger partial charge in [-0.05, 0) is 43.9 Å². The average Bonchev–Trinajstić information content (AvgIpc) is 2.88. The maximum Gasteiger partial charge on any atom is 0.337 e. The fourth-order valence-electron chi connectivity index (χ4n) is 3.33. The van der Waals surface area contributed by atoms with Crippen molar-refractivity contribution in [3.63, 3.8) is 0 Å². The van der Waals surface area contributed by atoms with Gasteiger partial charge in [0.15, 0.2) is 0 Å². The summed E-state index contributed by atoms with van der Waals surface area (Å²) in [6.07, 6.45) is 2.41. The number of nitrogens with one attached hydrogen (secondary N) is 1. The van der Waals surface area contributed by atoms with Gasteiger partial charge in [-0.15, -0.1) is 0 Å². The number of fused-ring (bicyclic) bond motifs is 1. The number of carbonyl (C=O) groups is 4. The molecule has 4 amide bonds. The third kappa shape index (κ3) is 3.26. The Hall–Kier alpha value is -2.90. The average molecular weight is 359 g/mol. The topological polar surface area (TPSA) is 96.0 Å². The van der Waals surface area contributed by atoms with Crippen LogP contribution in [-0.2, 0) is 14.3 Å². The van der Waals surface area contributed by atoms with Crippen molar-refractivity contribution in [1.82, 2.24) is 9.80 Å². The second kappa shape index (κ2) is 7.15. The first-order chi connectivity index (χ1) is 12.4. The molecule has 1 aromatic carbocycles. The van der Waals surface area contributed by atoms with Gasteiger partial charge in [-0.3, -0.25) is 14.5 Å². The van der Waals surface area contributed by atoms with E-state index in [1.165, 1.54) is 13.2 Å². The Morgan fingerprint density at radius 2 is 2.04 bits per heavy atom. The lowest BCUT2D eigenvalue weighted by atomic mass is 10.0. The summed E-state index contributed by atoms with van der Waals surface area (Å²) in [4.78, 5) is 51.3. The number of imide groups is 1. The molecular formula is C18H21N3O5. The zero-order chi connectivity index (χ0) is 18.8. The molecule has 0 aromatic heterocycles.